The maximum atomic E-state index is 12.1. The average molecular weight is 255 g/mol. The highest BCUT2D eigenvalue weighted by Crippen LogP contribution is 2.30. The van der Waals surface area contributed by atoms with Gasteiger partial charge in [-0.05, 0) is 26.7 Å². The lowest BCUT2D eigenvalue weighted by molar-refractivity contribution is 0.337. The van der Waals surface area contributed by atoms with Gasteiger partial charge in [-0.1, -0.05) is 0 Å². The second-order valence-electron chi connectivity index (χ2n) is 4.15. The van der Waals surface area contributed by atoms with E-state index < -0.39 is 10.2 Å². The van der Waals surface area contributed by atoms with Gasteiger partial charge in [-0.3, -0.25) is 0 Å². The molecule has 0 heterocycles. The van der Waals surface area contributed by atoms with Gasteiger partial charge in [-0.15, -0.1) is 11.6 Å². The van der Waals surface area contributed by atoms with Crippen molar-refractivity contribution in [2.45, 2.75) is 38.8 Å². The monoisotopic (exact) mass is 254 g/mol. The molecule has 1 aliphatic carbocycles. The number of hydrogen-bond donors (Lipinski definition) is 0. The second kappa shape index (κ2) is 4.99. The lowest BCUT2D eigenvalue weighted by Gasteiger charge is -2.29. The number of hydrogen-bond acceptors (Lipinski definition) is 2. The van der Waals surface area contributed by atoms with Crippen LogP contribution in [0.25, 0.3) is 0 Å². The van der Waals surface area contributed by atoms with Gasteiger partial charge in [-0.25, -0.2) is 0 Å². The minimum absolute atomic E-state index is 0.0217. The topological polar surface area (TPSA) is 40.6 Å². The first-order valence-electron chi connectivity index (χ1n) is 5.22. The van der Waals surface area contributed by atoms with Gasteiger partial charge in [0.05, 0.1) is 0 Å². The van der Waals surface area contributed by atoms with E-state index in [-0.39, 0.29) is 12.1 Å². The fourth-order valence-electron chi connectivity index (χ4n) is 1.36. The molecule has 0 bridgehead atoms. The van der Waals surface area contributed by atoms with Gasteiger partial charge in [0.1, 0.15) is 0 Å². The summed E-state index contributed by atoms with van der Waals surface area (Å²) in [5.74, 6) is 0.349. The molecular formula is C9H19ClN2O2S. The summed E-state index contributed by atoms with van der Waals surface area (Å²) in [4.78, 5) is 0. The lowest BCUT2D eigenvalue weighted by atomic mass is 10.4. The van der Waals surface area contributed by atoms with Crippen LogP contribution in [0.4, 0.5) is 0 Å². The standard InChI is InChI=1S/C9H19ClN2O2S/c1-8(2)11(3)15(13,14)12(7-6-10)9-4-5-9/h8-9H,4-7H2,1-3H3. The third kappa shape index (κ3) is 3.06. The van der Waals surface area contributed by atoms with Gasteiger partial charge in [0.25, 0.3) is 10.2 Å². The van der Waals surface area contributed by atoms with E-state index in [4.69, 9.17) is 11.6 Å². The Morgan fingerprint density at radius 1 is 1.40 bits per heavy atom. The molecule has 0 N–H and O–H groups in total. The molecular weight excluding hydrogens is 236 g/mol. The van der Waals surface area contributed by atoms with Crippen LogP contribution in [0, 0.1) is 0 Å². The summed E-state index contributed by atoms with van der Waals surface area (Å²) in [5.41, 5.74) is 0. The summed E-state index contributed by atoms with van der Waals surface area (Å²) in [6, 6.07) is 0.154. The zero-order valence-electron chi connectivity index (χ0n) is 9.48. The Kier molecular flexibility index (Phi) is 4.40. The summed E-state index contributed by atoms with van der Waals surface area (Å²) >= 11 is 5.63. The smallest absolute Gasteiger partial charge is 0.195 e. The van der Waals surface area contributed by atoms with Crippen LogP contribution in [0.1, 0.15) is 26.7 Å². The van der Waals surface area contributed by atoms with Gasteiger partial charge < -0.3 is 0 Å². The Hall–Kier alpha value is 0.160. The van der Waals surface area contributed by atoms with Crippen molar-refractivity contribution in [2.24, 2.45) is 0 Å². The second-order valence-corrected chi connectivity index (χ2v) is 6.47. The highest BCUT2D eigenvalue weighted by Gasteiger charge is 2.39. The molecule has 0 saturated heterocycles. The highest BCUT2D eigenvalue weighted by molar-refractivity contribution is 7.86. The maximum Gasteiger partial charge on any atom is 0.282 e. The zero-order chi connectivity index (χ0) is 11.6. The number of halogens is 1. The van der Waals surface area contributed by atoms with Crippen LogP contribution in [0.5, 0.6) is 0 Å². The van der Waals surface area contributed by atoms with Gasteiger partial charge in [0, 0.05) is 31.6 Å². The van der Waals surface area contributed by atoms with Gasteiger partial charge in [0.2, 0.25) is 0 Å². The molecule has 0 amide bonds. The van der Waals surface area contributed by atoms with Crippen LogP contribution in [0.3, 0.4) is 0 Å². The number of nitrogens with zero attached hydrogens (tertiary/aromatic N) is 2. The largest absolute Gasteiger partial charge is 0.282 e. The Balaban J connectivity index is 2.80. The Morgan fingerprint density at radius 2 is 1.93 bits per heavy atom. The van der Waals surface area contributed by atoms with Crippen LogP contribution in [-0.2, 0) is 10.2 Å². The molecule has 1 saturated carbocycles. The molecule has 0 aromatic heterocycles. The van der Waals surface area contributed by atoms with Crippen molar-refractivity contribution in [2.75, 3.05) is 19.5 Å². The normalized spacial score (nSPS) is 18.1. The molecule has 1 aliphatic rings. The van der Waals surface area contributed by atoms with E-state index in [0.29, 0.717) is 12.4 Å². The Morgan fingerprint density at radius 3 is 2.27 bits per heavy atom. The summed E-state index contributed by atoms with van der Waals surface area (Å²) in [6.07, 6.45) is 1.92. The van der Waals surface area contributed by atoms with Gasteiger partial charge in [0.15, 0.2) is 0 Å². The van der Waals surface area contributed by atoms with E-state index in [1.807, 2.05) is 13.8 Å². The van der Waals surface area contributed by atoms with Crippen molar-refractivity contribution in [3.05, 3.63) is 0 Å². The average Bonchev–Trinajstić information content (AvgIpc) is 2.95. The van der Waals surface area contributed by atoms with Crippen molar-refractivity contribution < 1.29 is 8.42 Å². The molecule has 0 aliphatic heterocycles. The highest BCUT2D eigenvalue weighted by atomic mass is 35.5. The van der Waals surface area contributed by atoms with Gasteiger partial charge >= 0.3 is 0 Å². The zero-order valence-corrected chi connectivity index (χ0v) is 11.1. The maximum absolute atomic E-state index is 12.1. The molecule has 0 unspecified atom stereocenters. The molecule has 1 rings (SSSR count). The van der Waals surface area contributed by atoms with Crippen molar-refractivity contribution in [3.63, 3.8) is 0 Å². The quantitative estimate of drug-likeness (QED) is 0.670. The minimum atomic E-state index is -3.32. The summed E-state index contributed by atoms with van der Waals surface area (Å²) in [6.45, 7) is 4.14. The molecule has 4 nitrogen and oxygen atoms in total. The van der Waals surface area contributed by atoms with E-state index >= 15 is 0 Å². The molecule has 90 valence electrons. The van der Waals surface area contributed by atoms with Crippen LogP contribution in [0.2, 0.25) is 0 Å². The predicted molar refractivity (Wildman–Crippen MR) is 62.3 cm³/mol. The van der Waals surface area contributed by atoms with Crippen LogP contribution in [-0.4, -0.2) is 48.6 Å². The van der Waals surface area contributed by atoms with E-state index in [1.54, 1.807) is 7.05 Å². The fraction of sp³-hybridized carbons (Fsp3) is 1.00. The van der Waals surface area contributed by atoms with Gasteiger partial charge in [-0.2, -0.15) is 17.0 Å². The minimum Gasteiger partial charge on any atom is -0.195 e. The fourth-order valence-corrected chi connectivity index (χ4v) is 3.42. The third-order valence-corrected chi connectivity index (χ3v) is 5.04. The number of alkyl halides is 1. The van der Waals surface area contributed by atoms with Crippen LogP contribution >= 0.6 is 11.6 Å². The predicted octanol–water partition coefficient (Wildman–Crippen LogP) is 1.27. The van der Waals surface area contributed by atoms with E-state index in [1.165, 1.54) is 8.61 Å². The third-order valence-electron chi connectivity index (χ3n) is 2.65. The molecule has 0 atom stereocenters. The molecule has 6 heteroatoms. The summed E-state index contributed by atoms with van der Waals surface area (Å²) in [7, 11) is -1.70. The number of rotatable bonds is 6. The molecule has 0 aromatic carbocycles. The van der Waals surface area contributed by atoms with E-state index in [2.05, 4.69) is 0 Å². The Labute approximate surface area is 97.4 Å². The molecule has 0 radical (unpaired) electrons. The lowest BCUT2D eigenvalue weighted by Crippen LogP contribution is -2.46. The molecule has 0 aromatic rings. The first-order chi connectivity index (χ1) is 6.91. The first kappa shape index (κ1) is 13.2. The van der Waals surface area contributed by atoms with Crippen LogP contribution < -0.4 is 0 Å². The van der Waals surface area contributed by atoms with Crippen molar-refractivity contribution in [1.82, 2.24) is 8.61 Å². The van der Waals surface area contributed by atoms with Crippen molar-refractivity contribution >= 4 is 21.8 Å². The first-order valence-corrected chi connectivity index (χ1v) is 7.15. The molecule has 1 fully saturated rings. The van der Waals surface area contributed by atoms with Crippen LogP contribution in [0.15, 0.2) is 0 Å². The molecule has 0 spiro atoms. The van der Waals surface area contributed by atoms with Crippen molar-refractivity contribution in [3.8, 4) is 0 Å². The van der Waals surface area contributed by atoms with E-state index in [9.17, 15) is 8.42 Å². The summed E-state index contributed by atoms with van der Waals surface area (Å²) in [5, 5.41) is 0. The SMILES string of the molecule is CC(C)N(C)S(=O)(=O)N(CCCl)C1CC1. The summed E-state index contributed by atoms with van der Waals surface area (Å²) < 4.78 is 27.2. The Bertz CT molecular complexity index is 301. The van der Waals surface area contributed by atoms with E-state index in [0.717, 1.165) is 12.8 Å². The molecule has 15 heavy (non-hydrogen) atoms. The van der Waals surface area contributed by atoms with Crippen molar-refractivity contribution in [1.29, 1.82) is 0 Å².